The summed E-state index contributed by atoms with van der Waals surface area (Å²) in [7, 11) is 0. The number of cyclic esters (lactones) is 1. The average Bonchev–Trinajstić information content (AvgIpc) is 3.31. The van der Waals surface area contributed by atoms with E-state index in [1.807, 2.05) is 0 Å². The Morgan fingerprint density at radius 2 is 1.83 bits per heavy atom. The molecular formula is C19H22F2N6O3. The van der Waals surface area contributed by atoms with Gasteiger partial charge in [0.15, 0.2) is 11.6 Å². The third kappa shape index (κ3) is 3.58. The van der Waals surface area contributed by atoms with E-state index < -0.39 is 23.8 Å². The normalized spacial score (nSPS) is 23.0. The monoisotopic (exact) mass is 420 g/mol. The number of halogens is 2. The fourth-order valence-electron chi connectivity index (χ4n) is 4.12. The van der Waals surface area contributed by atoms with E-state index in [4.69, 9.17) is 9.47 Å². The Bertz CT molecular complexity index is 892. The SMILES string of the molecule is O=C1O[C@@H](Cn2ccnn2)CN1c1cc(F)c(N2CCN(C3COC3)CC2)c(F)c1. The molecule has 160 valence electrons. The summed E-state index contributed by atoms with van der Waals surface area (Å²) in [5.74, 6) is -1.36. The maximum Gasteiger partial charge on any atom is 0.414 e. The van der Waals surface area contributed by atoms with Crippen molar-refractivity contribution in [2.75, 3.05) is 55.7 Å². The van der Waals surface area contributed by atoms with Crippen LogP contribution in [0.1, 0.15) is 0 Å². The van der Waals surface area contributed by atoms with Gasteiger partial charge in [-0.15, -0.1) is 5.10 Å². The van der Waals surface area contributed by atoms with E-state index in [2.05, 4.69) is 15.2 Å². The van der Waals surface area contributed by atoms with E-state index in [1.54, 1.807) is 15.8 Å². The summed E-state index contributed by atoms with van der Waals surface area (Å²) in [5.41, 5.74) is 0.0973. The molecule has 0 N–H and O–H groups in total. The summed E-state index contributed by atoms with van der Waals surface area (Å²) >= 11 is 0. The predicted molar refractivity (Wildman–Crippen MR) is 102 cm³/mol. The van der Waals surface area contributed by atoms with Gasteiger partial charge < -0.3 is 14.4 Å². The van der Waals surface area contributed by atoms with Crippen LogP contribution in [0.15, 0.2) is 24.5 Å². The van der Waals surface area contributed by atoms with Crippen LogP contribution in [0.3, 0.4) is 0 Å². The second-order valence-corrected chi connectivity index (χ2v) is 7.71. The Morgan fingerprint density at radius 3 is 2.43 bits per heavy atom. The summed E-state index contributed by atoms with van der Waals surface area (Å²) in [6.45, 7) is 4.49. The Morgan fingerprint density at radius 1 is 1.10 bits per heavy atom. The fraction of sp³-hybridized carbons (Fsp3) is 0.526. The molecule has 3 saturated heterocycles. The number of hydrogen-bond acceptors (Lipinski definition) is 7. The van der Waals surface area contributed by atoms with E-state index in [-0.39, 0.29) is 17.9 Å². The lowest BCUT2D eigenvalue weighted by molar-refractivity contribution is -0.0661. The van der Waals surface area contributed by atoms with Crippen LogP contribution in [-0.2, 0) is 16.0 Å². The highest BCUT2D eigenvalue weighted by Crippen LogP contribution is 2.32. The van der Waals surface area contributed by atoms with Gasteiger partial charge in [-0.3, -0.25) is 9.80 Å². The lowest BCUT2D eigenvalue weighted by Gasteiger charge is -2.43. The second kappa shape index (κ2) is 7.80. The molecule has 1 aromatic heterocycles. The molecule has 3 fully saturated rings. The molecule has 3 aliphatic heterocycles. The van der Waals surface area contributed by atoms with Crippen molar-refractivity contribution in [3.05, 3.63) is 36.2 Å². The number of ether oxygens (including phenoxy) is 2. The number of aromatic nitrogens is 3. The Hall–Kier alpha value is -2.79. The zero-order valence-electron chi connectivity index (χ0n) is 16.3. The number of rotatable bonds is 5. The molecule has 1 aromatic carbocycles. The van der Waals surface area contributed by atoms with E-state index in [0.29, 0.717) is 25.7 Å². The average molecular weight is 420 g/mol. The van der Waals surface area contributed by atoms with Gasteiger partial charge in [-0.1, -0.05) is 5.21 Å². The molecular weight excluding hydrogens is 398 g/mol. The Labute approximate surface area is 171 Å². The van der Waals surface area contributed by atoms with E-state index in [1.165, 1.54) is 23.2 Å². The van der Waals surface area contributed by atoms with Crippen molar-refractivity contribution in [3.63, 3.8) is 0 Å². The Kier molecular flexibility index (Phi) is 4.99. The van der Waals surface area contributed by atoms with Crippen LogP contribution in [0.2, 0.25) is 0 Å². The predicted octanol–water partition coefficient (Wildman–Crippen LogP) is 1.10. The third-order valence-electron chi connectivity index (χ3n) is 5.82. The van der Waals surface area contributed by atoms with Crippen LogP contribution >= 0.6 is 0 Å². The number of nitrogens with zero attached hydrogens (tertiary/aromatic N) is 6. The largest absolute Gasteiger partial charge is 0.442 e. The third-order valence-corrected chi connectivity index (χ3v) is 5.82. The summed E-state index contributed by atoms with van der Waals surface area (Å²) in [6.07, 6.45) is 2.07. The topological polar surface area (TPSA) is 76.0 Å². The van der Waals surface area contributed by atoms with Gasteiger partial charge in [0, 0.05) is 44.5 Å². The van der Waals surface area contributed by atoms with Gasteiger partial charge in [0.05, 0.1) is 44.2 Å². The molecule has 0 aliphatic carbocycles. The van der Waals surface area contributed by atoms with E-state index in [9.17, 15) is 13.6 Å². The first-order valence-electron chi connectivity index (χ1n) is 9.96. The number of amides is 1. The Balaban J connectivity index is 1.28. The number of carbonyl (C=O) groups is 1. The van der Waals surface area contributed by atoms with Crippen LogP contribution in [-0.4, -0.2) is 84.1 Å². The molecule has 11 heteroatoms. The zero-order chi connectivity index (χ0) is 20.7. The molecule has 30 heavy (non-hydrogen) atoms. The first kappa shape index (κ1) is 19.2. The number of anilines is 2. The minimum atomic E-state index is -0.682. The fourth-order valence-corrected chi connectivity index (χ4v) is 4.12. The van der Waals surface area contributed by atoms with Crippen molar-refractivity contribution in [2.24, 2.45) is 0 Å². The number of hydrogen-bond donors (Lipinski definition) is 0. The molecule has 0 spiro atoms. The minimum absolute atomic E-state index is 0.0463. The molecule has 4 heterocycles. The van der Waals surface area contributed by atoms with Gasteiger partial charge >= 0.3 is 6.09 Å². The molecule has 0 bridgehead atoms. The van der Waals surface area contributed by atoms with Crippen molar-refractivity contribution in [3.8, 4) is 0 Å². The number of carbonyl (C=O) groups excluding carboxylic acids is 1. The number of piperazine rings is 1. The van der Waals surface area contributed by atoms with Crippen molar-refractivity contribution in [1.82, 2.24) is 19.9 Å². The van der Waals surface area contributed by atoms with Crippen LogP contribution in [0.5, 0.6) is 0 Å². The molecule has 1 amide bonds. The molecule has 9 nitrogen and oxygen atoms in total. The smallest absolute Gasteiger partial charge is 0.414 e. The molecule has 0 saturated carbocycles. The first-order valence-corrected chi connectivity index (χ1v) is 9.96. The van der Waals surface area contributed by atoms with Crippen molar-refractivity contribution in [1.29, 1.82) is 0 Å². The standard InChI is InChI=1S/C19H22F2N6O3/c20-16-7-13(27-10-15(30-19(27)28)9-26-2-1-22-23-26)8-17(21)18(16)25-5-3-24(4-6-25)14-11-29-12-14/h1-2,7-8,14-15H,3-6,9-12H2/t15-/m0/s1. The van der Waals surface area contributed by atoms with E-state index >= 15 is 0 Å². The zero-order valence-corrected chi connectivity index (χ0v) is 16.3. The van der Waals surface area contributed by atoms with Gasteiger partial charge in [-0.05, 0) is 0 Å². The summed E-state index contributed by atoms with van der Waals surface area (Å²) in [6, 6.07) is 2.81. The molecule has 5 rings (SSSR count). The first-order chi connectivity index (χ1) is 14.6. The molecule has 2 aromatic rings. The van der Waals surface area contributed by atoms with Gasteiger partial charge in [-0.2, -0.15) is 0 Å². The van der Waals surface area contributed by atoms with Gasteiger partial charge in [0.1, 0.15) is 11.8 Å². The summed E-state index contributed by atoms with van der Waals surface area (Å²) < 4.78 is 41.9. The molecule has 0 radical (unpaired) electrons. The van der Waals surface area contributed by atoms with Gasteiger partial charge in [0.2, 0.25) is 0 Å². The highest BCUT2D eigenvalue weighted by atomic mass is 19.1. The molecule has 3 aliphatic rings. The van der Waals surface area contributed by atoms with Crippen molar-refractivity contribution < 1.29 is 23.0 Å². The maximum absolute atomic E-state index is 14.9. The van der Waals surface area contributed by atoms with Crippen LogP contribution < -0.4 is 9.80 Å². The van der Waals surface area contributed by atoms with Gasteiger partial charge in [0.25, 0.3) is 0 Å². The highest BCUT2D eigenvalue weighted by molar-refractivity contribution is 5.90. The van der Waals surface area contributed by atoms with E-state index in [0.717, 1.165) is 26.3 Å². The van der Waals surface area contributed by atoms with Crippen LogP contribution in [0.25, 0.3) is 0 Å². The second-order valence-electron chi connectivity index (χ2n) is 7.71. The summed E-state index contributed by atoms with van der Waals surface area (Å²) in [4.78, 5) is 17.5. The molecule has 1 atom stereocenters. The van der Waals surface area contributed by atoms with Crippen molar-refractivity contribution >= 4 is 17.5 Å². The summed E-state index contributed by atoms with van der Waals surface area (Å²) in [5, 5.41) is 7.55. The lowest BCUT2D eigenvalue weighted by atomic mass is 10.1. The maximum atomic E-state index is 14.9. The molecule has 0 unspecified atom stereocenters. The lowest BCUT2D eigenvalue weighted by Crippen LogP contribution is -2.56. The quantitative estimate of drug-likeness (QED) is 0.717. The highest BCUT2D eigenvalue weighted by Gasteiger charge is 2.35. The van der Waals surface area contributed by atoms with Crippen molar-refractivity contribution in [2.45, 2.75) is 18.7 Å². The van der Waals surface area contributed by atoms with Crippen LogP contribution in [0.4, 0.5) is 25.0 Å². The van der Waals surface area contributed by atoms with Gasteiger partial charge in [-0.25, -0.2) is 18.3 Å². The minimum Gasteiger partial charge on any atom is -0.442 e. The number of benzene rings is 1. The van der Waals surface area contributed by atoms with Crippen LogP contribution in [0, 0.1) is 11.6 Å².